The van der Waals surface area contributed by atoms with Crippen LogP contribution in [0.15, 0.2) is 65.7 Å². The number of aliphatic hydroxyl groups excluding tert-OH is 1. The van der Waals surface area contributed by atoms with E-state index in [0.29, 0.717) is 5.84 Å². The second-order valence-corrected chi connectivity index (χ2v) is 6.85. The van der Waals surface area contributed by atoms with Gasteiger partial charge in [0.2, 0.25) is 0 Å². The van der Waals surface area contributed by atoms with Crippen molar-refractivity contribution in [3.8, 4) is 0 Å². The maximum Gasteiger partial charge on any atom is 0.260 e. The van der Waals surface area contributed by atoms with Gasteiger partial charge >= 0.3 is 0 Å². The number of benzene rings is 2. The lowest BCUT2D eigenvalue weighted by molar-refractivity contribution is -0.122. The molecule has 0 saturated heterocycles. The van der Waals surface area contributed by atoms with Gasteiger partial charge in [-0.1, -0.05) is 67.8 Å². The number of carbonyl (C=O) groups is 1. The Morgan fingerprint density at radius 1 is 0.920 bits per heavy atom. The Labute approximate surface area is 147 Å². The zero-order valence-corrected chi connectivity index (χ0v) is 14.1. The predicted octanol–water partition coefficient (Wildman–Crippen LogP) is 3.87. The average Bonchev–Trinajstić information content (AvgIpc) is 2.95. The van der Waals surface area contributed by atoms with Crippen molar-refractivity contribution in [2.75, 3.05) is 4.90 Å². The van der Waals surface area contributed by atoms with E-state index in [9.17, 15) is 9.90 Å². The highest BCUT2D eigenvalue weighted by molar-refractivity contribution is 6.25. The number of amides is 1. The number of para-hydroxylation sites is 1. The summed E-state index contributed by atoms with van der Waals surface area (Å²) >= 11 is 0. The van der Waals surface area contributed by atoms with Gasteiger partial charge < -0.3 is 5.11 Å². The fourth-order valence-corrected chi connectivity index (χ4v) is 3.89. The molecule has 0 aromatic heterocycles. The number of amidine groups is 1. The smallest absolute Gasteiger partial charge is 0.260 e. The maximum atomic E-state index is 13.3. The zero-order chi connectivity index (χ0) is 17.3. The molecule has 1 fully saturated rings. The highest BCUT2D eigenvalue weighted by Crippen LogP contribution is 2.41. The first-order valence-corrected chi connectivity index (χ1v) is 8.94. The summed E-state index contributed by atoms with van der Waals surface area (Å²) in [5.41, 5.74) is 0.825. The van der Waals surface area contributed by atoms with E-state index in [1.54, 1.807) is 4.90 Å². The third-order valence-corrected chi connectivity index (χ3v) is 5.21. The molecule has 1 atom stereocenters. The number of hydrogen-bond acceptors (Lipinski definition) is 3. The summed E-state index contributed by atoms with van der Waals surface area (Å²) in [5, 5.41) is 11.0. The van der Waals surface area contributed by atoms with Gasteiger partial charge in [-0.05, 0) is 30.5 Å². The van der Waals surface area contributed by atoms with E-state index in [1.165, 1.54) is 0 Å². The lowest BCUT2D eigenvalue weighted by Crippen LogP contribution is -2.44. The van der Waals surface area contributed by atoms with Crippen LogP contribution in [0.25, 0.3) is 0 Å². The number of aliphatic imine (C=N–C) groups is 1. The van der Waals surface area contributed by atoms with Crippen molar-refractivity contribution < 1.29 is 9.90 Å². The van der Waals surface area contributed by atoms with E-state index >= 15 is 0 Å². The minimum absolute atomic E-state index is 0.00313. The van der Waals surface area contributed by atoms with Gasteiger partial charge in [-0.3, -0.25) is 14.7 Å². The Balaban J connectivity index is 1.79. The van der Waals surface area contributed by atoms with Crippen LogP contribution in [-0.2, 0) is 4.79 Å². The van der Waals surface area contributed by atoms with Gasteiger partial charge in [-0.2, -0.15) is 0 Å². The van der Waals surface area contributed by atoms with Gasteiger partial charge in [-0.25, -0.2) is 0 Å². The quantitative estimate of drug-likeness (QED) is 0.926. The van der Waals surface area contributed by atoms with Crippen LogP contribution in [0.3, 0.4) is 0 Å². The number of rotatable bonds is 3. The first-order chi connectivity index (χ1) is 12.2. The molecule has 2 aromatic carbocycles. The molecule has 128 valence electrons. The molecule has 4 heteroatoms. The normalized spacial score (nSPS) is 20.6. The monoisotopic (exact) mass is 334 g/mol. The molecule has 0 bridgehead atoms. The molecule has 1 spiro atoms. The van der Waals surface area contributed by atoms with Crippen molar-refractivity contribution in [1.29, 1.82) is 0 Å². The fourth-order valence-electron chi connectivity index (χ4n) is 3.89. The minimum Gasteiger partial charge on any atom is -0.380 e. The Hall–Kier alpha value is -2.46. The summed E-state index contributed by atoms with van der Waals surface area (Å²) in [7, 11) is 0. The lowest BCUT2D eigenvalue weighted by Gasteiger charge is -2.29. The number of anilines is 1. The minimum atomic E-state index is -0.911. The van der Waals surface area contributed by atoms with Gasteiger partial charge in [0.15, 0.2) is 0 Å². The van der Waals surface area contributed by atoms with E-state index in [4.69, 9.17) is 4.99 Å². The first kappa shape index (κ1) is 16.0. The Bertz CT molecular complexity index is 780. The molecule has 2 aliphatic rings. The summed E-state index contributed by atoms with van der Waals surface area (Å²) in [4.78, 5) is 19.8. The second kappa shape index (κ2) is 6.45. The highest BCUT2D eigenvalue weighted by atomic mass is 16.3. The Morgan fingerprint density at radius 2 is 1.52 bits per heavy atom. The second-order valence-electron chi connectivity index (χ2n) is 6.85. The van der Waals surface area contributed by atoms with Gasteiger partial charge in [0.1, 0.15) is 17.5 Å². The zero-order valence-electron chi connectivity index (χ0n) is 14.1. The van der Waals surface area contributed by atoms with Gasteiger partial charge in [0.05, 0.1) is 5.69 Å². The molecular weight excluding hydrogens is 312 g/mol. The van der Waals surface area contributed by atoms with Crippen molar-refractivity contribution in [3.05, 3.63) is 66.2 Å². The van der Waals surface area contributed by atoms with E-state index < -0.39 is 11.6 Å². The molecule has 1 aliphatic carbocycles. The molecule has 0 unspecified atom stereocenters. The van der Waals surface area contributed by atoms with Crippen molar-refractivity contribution in [1.82, 2.24) is 0 Å². The topological polar surface area (TPSA) is 52.9 Å². The molecule has 1 N–H and O–H groups in total. The van der Waals surface area contributed by atoms with Crippen molar-refractivity contribution in [3.63, 3.8) is 0 Å². The SMILES string of the molecule is O=C1N(c2ccccc2)C([C@@H](O)c2ccccc2)=NC12CCCCC2. The summed E-state index contributed by atoms with van der Waals surface area (Å²) in [6.45, 7) is 0. The van der Waals surface area contributed by atoms with Gasteiger partial charge in [0, 0.05) is 0 Å². The van der Waals surface area contributed by atoms with Crippen LogP contribution in [0.2, 0.25) is 0 Å². The molecule has 1 aliphatic heterocycles. The Morgan fingerprint density at radius 3 is 2.16 bits per heavy atom. The maximum absolute atomic E-state index is 13.3. The largest absolute Gasteiger partial charge is 0.380 e. The predicted molar refractivity (Wildman–Crippen MR) is 98.6 cm³/mol. The van der Waals surface area contributed by atoms with Crippen LogP contribution in [0.4, 0.5) is 5.69 Å². The molecular formula is C21H22N2O2. The standard InChI is InChI=1S/C21H22N2O2/c24-18(16-10-4-1-5-11-16)19-22-21(14-8-3-9-15-21)20(25)23(19)17-12-6-2-7-13-17/h1-2,4-7,10-13,18,24H,3,8-9,14-15H2/t18-/m0/s1. The molecule has 1 saturated carbocycles. The van der Waals surface area contributed by atoms with Gasteiger partial charge in [-0.15, -0.1) is 0 Å². The molecule has 0 radical (unpaired) electrons. The number of carbonyl (C=O) groups excluding carboxylic acids is 1. The van der Waals surface area contributed by atoms with Crippen LogP contribution in [0.5, 0.6) is 0 Å². The number of hydrogen-bond donors (Lipinski definition) is 1. The van der Waals surface area contributed by atoms with Crippen molar-refractivity contribution in [2.45, 2.75) is 43.7 Å². The van der Waals surface area contributed by atoms with E-state index in [2.05, 4.69) is 0 Å². The van der Waals surface area contributed by atoms with Crippen LogP contribution in [-0.4, -0.2) is 22.4 Å². The number of aliphatic hydroxyl groups is 1. The number of nitrogens with zero attached hydrogens (tertiary/aromatic N) is 2. The molecule has 4 rings (SSSR count). The average molecular weight is 334 g/mol. The van der Waals surface area contributed by atoms with Crippen LogP contribution in [0, 0.1) is 0 Å². The Kier molecular flexibility index (Phi) is 4.14. The highest BCUT2D eigenvalue weighted by Gasteiger charge is 2.50. The van der Waals surface area contributed by atoms with Crippen LogP contribution < -0.4 is 4.90 Å². The van der Waals surface area contributed by atoms with Crippen molar-refractivity contribution >= 4 is 17.4 Å². The summed E-state index contributed by atoms with van der Waals surface area (Å²) in [5.74, 6) is 0.452. The fraction of sp³-hybridized carbons (Fsp3) is 0.333. The van der Waals surface area contributed by atoms with Crippen molar-refractivity contribution in [2.24, 2.45) is 4.99 Å². The van der Waals surface area contributed by atoms with E-state index in [1.807, 2.05) is 60.7 Å². The van der Waals surface area contributed by atoms with Crippen LogP contribution in [0.1, 0.15) is 43.8 Å². The van der Waals surface area contributed by atoms with E-state index in [0.717, 1.165) is 43.4 Å². The summed E-state index contributed by atoms with van der Waals surface area (Å²) < 4.78 is 0. The first-order valence-electron chi connectivity index (χ1n) is 8.94. The third kappa shape index (κ3) is 2.76. The third-order valence-electron chi connectivity index (χ3n) is 5.21. The summed E-state index contributed by atoms with van der Waals surface area (Å²) in [6, 6.07) is 18.9. The molecule has 4 nitrogen and oxygen atoms in total. The van der Waals surface area contributed by atoms with Gasteiger partial charge in [0.25, 0.3) is 5.91 Å². The molecule has 1 amide bonds. The molecule has 2 aromatic rings. The van der Waals surface area contributed by atoms with E-state index in [-0.39, 0.29) is 5.91 Å². The lowest BCUT2D eigenvalue weighted by atomic mass is 9.82. The summed E-state index contributed by atoms with van der Waals surface area (Å²) in [6.07, 6.45) is 3.78. The van der Waals surface area contributed by atoms with Crippen LogP contribution >= 0.6 is 0 Å². The molecule has 1 heterocycles. The molecule has 25 heavy (non-hydrogen) atoms.